The molecule has 1 fully saturated rings. The van der Waals surface area contributed by atoms with Gasteiger partial charge in [0.1, 0.15) is 11.8 Å². The highest BCUT2D eigenvalue weighted by Crippen LogP contribution is 2.21. The fourth-order valence-electron chi connectivity index (χ4n) is 2.71. The van der Waals surface area contributed by atoms with Gasteiger partial charge >= 0.3 is 0 Å². The number of nitrogens with one attached hydrogen (secondary N) is 1. The SMILES string of the molecule is Cc1cc(OCCCC(=O)NC(C)C(=O)N2CCS(=O)(=O)CC2)ccc1Cl. The van der Waals surface area contributed by atoms with Crippen molar-refractivity contribution in [1.29, 1.82) is 0 Å². The smallest absolute Gasteiger partial charge is 0.244 e. The van der Waals surface area contributed by atoms with E-state index in [4.69, 9.17) is 16.3 Å². The molecule has 7 nitrogen and oxygen atoms in total. The molecule has 0 aliphatic carbocycles. The van der Waals surface area contributed by atoms with E-state index in [2.05, 4.69) is 5.32 Å². The summed E-state index contributed by atoms with van der Waals surface area (Å²) in [5.41, 5.74) is 0.921. The summed E-state index contributed by atoms with van der Waals surface area (Å²) in [6.45, 7) is 4.22. The molecule has 0 saturated carbocycles. The highest BCUT2D eigenvalue weighted by molar-refractivity contribution is 7.91. The molecule has 1 aromatic carbocycles. The Labute approximate surface area is 164 Å². The second kappa shape index (κ2) is 9.41. The molecule has 1 heterocycles. The average molecular weight is 417 g/mol. The maximum atomic E-state index is 12.3. The van der Waals surface area contributed by atoms with Crippen molar-refractivity contribution in [3.05, 3.63) is 28.8 Å². The number of rotatable bonds is 7. The van der Waals surface area contributed by atoms with Crippen molar-refractivity contribution in [3.63, 3.8) is 0 Å². The Hall–Kier alpha value is -1.80. The lowest BCUT2D eigenvalue weighted by Gasteiger charge is -2.29. The van der Waals surface area contributed by atoms with Gasteiger partial charge in [-0.05, 0) is 44.0 Å². The summed E-state index contributed by atoms with van der Waals surface area (Å²) in [5, 5.41) is 3.33. The number of benzene rings is 1. The Morgan fingerprint density at radius 2 is 1.96 bits per heavy atom. The number of amides is 2. The first-order valence-electron chi connectivity index (χ1n) is 8.85. The van der Waals surface area contributed by atoms with E-state index in [1.54, 1.807) is 19.1 Å². The summed E-state index contributed by atoms with van der Waals surface area (Å²) < 4.78 is 28.4. The highest BCUT2D eigenvalue weighted by Gasteiger charge is 2.28. The Morgan fingerprint density at radius 1 is 1.30 bits per heavy atom. The first-order chi connectivity index (χ1) is 12.7. The summed E-state index contributed by atoms with van der Waals surface area (Å²) >= 11 is 5.96. The van der Waals surface area contributed by atoms with Crippen molar-refractivity contribution in [2.24, 2.45) is 0 Å². The number of carbonyl (C=O) groups is 2. The molecule has 1 unspecified atom stereocenters. The summed E-state index contributed by atoms with van der Waals surface area (Å²) in [4.78, 5) is 25.8. The largest absolute Gasteiger partial charge is 0.494 e. The highest BCUT2D eigenvalue weighted by atomic mass is 35.5. The van der Waals surface area contributed by atoms with Gasteiger partial charge in [-0.3, -0.25) is 9.59 Å². The number of hydrogen-bond donors (Lipinski definition) is 1. The third kappa shape index (κ3) is 6.70. The van der Waals surface area contributed by atoms with Crippen LogP contribution >= 0.6 is 11.6 Å². The topological polar surface area (TPSA) is 92.8 Å². The van der Waals surface area contributed by atoms with E-state index >= 15 is 0 Å². The number of aryl methyl sites for hydroxylation is 1. The second-order valence-electron chi connectivity index (χ2n) is 6.63. The zero-order valence-electron chi connectivity index (χ0n) is 15.5. The minimum atomic E-state index is -3.04. The molecule has 1 aliphatic heterocycles. The molecule has 2 amide bonds. The van der Waals surface area contributed by atoms with Gasteiger partial charge in [-0.15, -0.1) is 0 Å². The molecule has 0 bridgehead atoms. The molecule has 0 aromatic heterocycles. The number of carbonyl (C=O) groups excluding carboxylic acids is 2. The van der Waals surface area contributed by atoms with E-state index in [1.807, 2.05) is 13.0 Å². The van der Waals surface area contributed by atoms with E-state index in [0.29, 0.717) is 23.8 Å². The maximum Gasteiger partial charge on any atom is 0.244 e. The van der Waals surface area contributed by atoms with E-state index in [-0.39, 0.29) is 42.8 Å². The standard InChI is InChI=1S/C18H25ClN2O5S/c1-13-12-15(5-6-16(13)19)26-9-3-4-17(22)20-14(2)18(23)21-7-10-27(24,25)11-8-21/h5-6,12,14H,3-4,7-11H2,1-2H3,(H,20,22). The lowest BCUT2D eigenvalue weighted by atomic mass is 10.2. The van der Waals surface area contributed by atoms with Crippen LogP contribution in [0, 0.1) is 6.92 Å². The molecule has 1 aromatic rings. The van der Waals surface area contributed by atoms with Crippen LogP contribution in [0.4, 0.5) is 0 Å². The van der Waals surface area contributed by atoms with Crippen LogP contribution in [0.25, 0.3) is 0 Å². The summed E-state index contributed by atoms with van der Waals surface area (Å²) in [7, 11) is -3.04. The van der Waals surface area contributed by atoms with E-state index in [0.717, 1.165) is 5.56 Å². The van der Waals surface area contributed by atoms with Crippen molar-refractivity contribution in [1.82, 2.24) is 10.2 Å². The van der Waals surface area contributed by atoms with Crippen LogP contribution in [0.1, 0.15) is 25.3 Å². The fraction of sp³-hybridized carbons (Fsp3) is 0.556. The molecule has 0 spiro atoms. The number of sulfone groups is 1. The Balaban J connectivity index is 1.68. The summed E-state index contributed by atoms with van der Waals surface area (Å²) in [6.07, 6.45) is 0.745. The van der Waals surface area contributed by atoms with Crippen molar-refractivity contribution in [3.8, 4) is 5.75 Å². The fourth-order valence-corrected chi connectivity index (χ4v) is 4.03. The van der Waals surface area contributed by atoms with E-state index < -0.39 is 15.9 Å². The van der Waals surface area contributed by atoms with Gasteiger partial charge < -0.3 is 15.0 Å². The normalized spacial score (nSPS) is 17.2. The van der Waals surface area contributed by atoms with Crippen LogP contribution in [0.15, 0.2) is 18.2 Å². The minimum Gasteiger partial charge on any atom is -0.494 e. The van der Waals surface area contributed by atoms with E-state index in [1.165, 1.54) is 4.90 Å². The maximum absolute atomic E-state index is 12.3. The second-order valence-corrected chi connectivity index (χ2v) is 9.34. The predicted octanol–water partition coefficient (Wildman–Crippen LogP) is 1.57. The Kier molecular flexibility index (Phi) is 7.49. The average Bonchev–Trinajstić information content (AvgIpc) is 2.61. The summed E-state index contributed by atoms with van der Waals surface area (Å²) in [5.74, 6) is 0.144. The lowest BCUT2D eigenvalue weighted by molar-refractivity contribution is -0.135. The van der Waals surface area contributed by atoms with Crippen LogP contribution in [-0.4, -0.2) is 62.4 Å². The van der Waals surface area contributed by atoms with Gasteiger partial charge in [0.15, 0.2) is 9.84 Å². The molecule has 1 N–H and O–H groups in total. The van der Waals surface area contributed by atoms with Gasteiger partial charge in [0.25, 0.3) is 0 Å². The van der Waals surface area contributed by atoms with Crippen molar-refractivity contribution >= 4 is 33.3 Å². The third-order valence-electron chi connectivity index (χ3n) is 4.35. The molecule has 9 heteroatoms. The predicted molar refractivity (Wildman–Crippen MR) is 104 cm³/mol. The zero-order chi connectivity index (χ0) is 20.0. The molecule has 150 valence electrons. The Morgan fingerprint density at radius 3 is 2.59 bits per heavy atom. The quantitative estimate of drug-likeness (QED) is 0.681. The van der Waals surface area contributed by atoms with Gasteiger partial charge in [-0.2, -0.15) is 0 Å². The lowest BCUT2D eigenvalue weighted by Crippen LogP contribution is -2.51. The number of ether oxygens (including phenoxy) is 1. The van der Waals surface area contributed by atoms with E-state index in [9.17, 15) is 18.0 Å². The molecule has 27 heavy (non-hydrogen) atoms. The molecule has 1 aliphatic rings. The van der Waals surface area contributed by atoms with Crippen molar-refractivity contribution in [2.45, 2.75) is 32.7 Å². The monoisotopic (exact) mass is 416 g/mol. The van der Waals surface area contributed by atoms with Crippen LogP contribution in [-0.2, 0) is 19.4 Å². The number of hydrogen-bond acceptors (Lipinski definition) is 5. The van der Waals surface area contributed by atoms with Crippen LogP contribution in [0.5, 0.6) is 5.75 Å². The molecule has 0 radical (unpaired) electrons. The van der Waals surface area contributed by atoms with Gasteiger partial charge in [-0.25, -0.2) is 8.42 Å². The molecular weight excluding hydrogens is 392 g/mol. The molecule has 2 rings (SSSR count). The number of halogens is 1. The van der Waals surface area contributed by atoms with Crippen LogP contribution < -0.4 is 10.1 Å². The van der Waals surface area contributed by atoms with Crippen LogP contribution in [0.3, 0.4) is 0 Å². The molecule has 1 atom stereocenters. The minimum absolute atomic E-state index is 0.0269. The molecular formula is C18H25ClN2O5S. The van der Waals surface area contributed by atoms with Gasteiger partial charge in [0.05, 0.1) is 18.1 Å². The van der Waals surface area contributed by atoms with Crippen molar-refractivity contribution in [2.75, 3.05) is 31.2 Å². The first kappa shape index (κ1) is 21.5. The first-order valence-corrected chi connectivity index (χ1v) is 11.1. The van der Waals surface area contributed by atoms with Gasteiger partial charge in [0.2, 0.25) is 11.8 Å². The number of nitrogens with zero attached hydrogens (tertiary/aromatic N) is 1. The third-order valence-corrected chi connectivity index (χ3v) is 6.38. The molecule has 1 saturated heterocycles. The zero-order valence-corrected chi connectivity index (χ0v) is 17.1. The van der Waals surface area contributed by atoms with Crippen molar-refractivity contribution < 1.29 is 22.7 Å². The van der Waals surface area contributed by atoms with Gasteiger partial charge in [-0.1, -0.05) is 11.6 Å². The van der Waals surface area contributed by atoms with Gasteiger partial charge in [0, 0.05) is 24.5 Å². The Bertz CT molecular complexity index is 783. The summed E-state index contributed by atoms with van der Waals surface area (Å²) in [6, 6.07) is 4.69. The van der Waals surface area contributed by atoms with Crippen LogP contribution in [0.2, 0.25) is 5.02 Å².